The van der Waals surface area contributed by atoms with Crippen molar-refractivity contribution in [2.75, 3.05) is 18.2 Å². The van der Waals surface area contributed by atoms with Crippen LogP contribution in [0.1, 0.15) is 20.7 Å². The van der Waals surface area contributed by atoms with E-state index in [1.54, 1.807) is 0 Å². The van der Waals surface area contributed by atoms with E-state index in [2.05, 4.69) is 15.0 Å². The molecule has 0 aliphatic rings. The Bertz CT molecular complexity index is 773. The van der Waals surface area contributed by atoms with E-state index < -0.39 is 16.8 Å². The number of esters is 1. The molecule has 0 unspecified atom stereocenters. The molecule has 0 radical (unpaired) electrons. The predicted molar refractivity (Wildman–Crippen MR) is 81.0 cm³/mol. The molecule has 23 heavy (non-hydrogen) atoms. The van der Waals surface area contributed by atoms with Gasteiger partial charge in [0.1, 0.15) is 5.82 Å². The standard InChI is InChI=1S/C14H12N4O5/c1-23-14(20)9-6-11(12(15)16-7-9)17-13(19)8-2-4-10(5-3-8)18(21)22/h2-7H,1H3,(H2,15,16)(H,17,19). The molecule has 2 aromatic rings. The van der Waals surface area contributed by atoms with Crippen molar-refractivity contribution in [1.29, 1.82) is 0 Å². The van der Waals surface area contributed by atoms with Crippen molar-refractivity contribution in [3.63, 3.8) is 0 Å². The van der Waals surface area contributed by atoms with E-state index in [9.17, 15) is 19.7 Å². The largest absolute Gasteiger partial charge is 0.465 e. The Hall–Kier alpha value is -3.49. The fourth-order valence-corrected chi connectivity index (χ4v) is 1.73. The Balaban J connectivity index is 2.22. The number of nitrogens with zero attached hydrogens (tertiary/aromatic N) is 2. The fourth-order valence-electron chi connectivity index (χ4n) is 1.73. The van der Waals surface area contributed by atoms with Gasteiger partial charge in [0.2, 0.25) is 0 Å². The Labute approximate surface area is 130 Å². The van der Waals surface area contributed by atoms with Crippen LogP contribution in [0.25, 0.3) is 0 Å². The minimum absolute atomic E-state index is 0.0212. The number of pyridine rings is 1. The zero-order valence-electron chi connectivity index (χ0n) is 12.0. The molecule has 1 amide bonds. The predicted octanol–water partition coefficient (Wildman–Crippen LogP) is 1.61. The Kier molecular flexibility index (Phi) is 4.50. The second kappa shape index (κ2) is 6.52. The molecule has 0 spiro atoms. The van der Waals surface area contributed by atoms with Crippen LogP contribution in [-0.2, 0) is 4.74 Å². The summed E-state index contributed by atoms with van der Waals surface area (Å²) in [7, 11) is 1.22. The van der Waals surface area contributed by atoms with Gasteiger partial charge in [-0.05, 0) is 18.2 Å². The van der Waals surface area contributed by atoms with Gasteiger partial charge in [-0.15, -0.1) is 0 Å². The highest BCUT2D eigenvalue weighted by Crippen LogP contribution is 2.19. The van der Waals surface area contributed by atoms with Crippen LogP contribution in [-0.4, -0.2) is 28.9 Å². The third kappa shape index (κ3) is 3.59. The number of ether oxygens (including phenoxy) is 1. The molecule has 118 valence electrons. The molecule has 1 aromatic carbocycles. The molecule has 9 heteroatoms. The monoisotopic (exact) mass is 316 g/mol. The number of hydrogen-bond donors (Lipinski definition) is 2. The first-order valence-electron chi connectivity index (χ1n) is 6.32. The number of carbonyl (C=O) groups is 2. The van der Waals surface area contributed by atoms with E-state index in [0.29, 0.717) is 0 Å². The number of nitrogen functional groups attached to an aromatic ring is 1. The molecule has 0 saturated carbocycles. The maximum atomic E-state index is 12.1. The van der Waals surface area contributed by atoms with Crippen molar-refractivity contribution in [2.24, 2.45) is 0 Å². The highest BCUT2D eigenvalue weighted by atomic mass is 16.6. The third-order valence-corrected chi connectivity index (χ3v) is 2.93. The average Bonchev–Trinajstić information content (AvgIpc) is 2.56. The average molecular weight is 316 g/mol. The third-order valence-electron chi connectivity index (χ3n) is 2.93. The quantitative estimate of drug-likeness (QED) is 0.496. The van der Waals surface area contributed by atoms with Crippen molar-refractivity contribution < 1.29 is 19.2 Å². The summed E-state index contributed by atoms with van der Waals surface area (Å²) >= 11 is 0. The van der Waals surface area contributed by atoms with Gasteiger partial charge in [-0.1, -0.05) is 0 Å². The van der Waals surface area contributed by atoms with Crippen LogP contribution in [0, 0.1) is 10.1 Å². The number of nitro benzene ring substituents is 1. The highest BCUT2D eigenvalue weighted by Gasteiger charge is 2.14. The number of aromatic nitrogens is 1. The summed E-state index contributed by atoms with van der Waals surface area (Å²) < 4.78 is 4.56. The van der Waals surface area contributed by atoms with Gasteiger partial charge in [-0.25, -0.2) is 9.78 Å². The van der Waals surface area contributed by atoms with Crippen LogP contribution in [0.4, 0.5) is 17.2 Å². The van der Waals surface area contributed by atoms with E-state index in [1.165, 1.54) is 43.6 Å². The zero-order chi connectivity index (χ0) is 17.0. The lowest BCUT2D eigenvalue weighted by Gasteiger charge is -2.09. The van der Waals surface area contributed by atoms with Gasteiger partial charge < -0.3 is 15.8 Å². The van der Waals surface area contributed by atoms with Gasteiger partial charge in [0.15, 0.2) is 0 Å². The van der Waals surface area contributed by atoms with Crippen molar-refractivity contribution in [3.05, 3.63) is 57.8 Å². The number of carbonyl (C=O) groups excluding carboxylic acids is 2. The number of anilines is 2. The molecule has 3 N–H and O–H groups in total. The maximum absolute atomic E-state index is 12.1. The van der Waals surface area contributed by atoms with Crippen LogP contribution >= 0.6 is 0 Å². The number of methoxy groups -OCH3 is 1. The normalized spacial score (nSPS) is 9.96. The van der Waals surface area contributed by atoms with E-state index in [-0.39, 0.29) is 28.3 Å². The van der Waals surface area contributed by atoms with Crippen LogP contribution in [0.5, 0.6) is 0 Å². The maximum Gasteiger partial charge on any atom is 0.339 e. The molecule has 1 aromatic heterocycles. The number of nitrogens with one attached hydrogen (secondary N) is 1. The molecule has 2 rings (SSSR count). The molecule has 0 saturated heterocycles. The summed E-state index contributed by atoms with van der Waals surface area (Å²) in [6.45, 7) is 0. The first kappa shape index (κ1) is 15.9. The lowest BCUT2D eigenvalue weighted by Crippen LogP contribution is -2.15. The number of benzene rings is 1. The lowest BCUT2D eigenvalue weighted by atomic mass is 10.2. The highest BCUT2D eigenvalue weighted by molar-refractivity contribution is 6.06. The van der Waals surface area contributed by atoms with Crippen LogP contribution in [0.2, 0.25) is 0 Å². The molecule has 9 nitrogen and oxygen atoms in total. The molecule has 0 bridgehead atoms. The number of nitro groups is 1. The molecular weight excluding hydrogens is 304 g/mol. The molecule has 1 heterocycles. The van der Waals surface area contributed by atoms with Crippen molar-refractivity contribution in [2.45, 2.75) is 0 Å². The summed E-state index contributed by atoms with van der Waals surface area (Å²) in [6, 6.07) is 6.36. The van der Waals surface area contributed by atoms with Crippen molar-refractivity contribution >= 4 is 29.1 Å². The van der Waals surface area contributed by atoms with Crippen molar-refractivity contribution in [1.82, 2.24) is 4.98 Å². The summed E-state index contributed by atoms with van der Waals surface area (Å²) in [5, 5.41) is 13.1. The summed E-state index contributed by atoms with van der Waals surface area (Å²) in [5.74, 6) is -1.15. The molecule has 0 fully saturated rings. The number of hydrogen-bond acceptors (Lipinski definition) is 7. The number of amides is 1. The lowest BCUT2D eigenvalue weighted by molar-refractivity contribution is -0.384. The molecule has 0 aliphatic heterocycles. The van der Waals surface area contributed by atoms with Crippen LogP contribution in [0.3, 0.4) is 0 Å². The first-order valence-corrected chi connectivity index (χ1v) is 6.32. The van der Waals surface area contributed by atoms with E-state index >= 15 is 0 Å². The van der Waals surface area contributed by atoms with Crippen LogP contribution < -0.4 is 11.1 Å². The minimum Gasteiger partial charge on any atom is -0.465 e. The van der Waals surface area contributed by atoms with Crippen LogP contribution in [0.15, 0.2) is 36.5 Å². The minimum atomic E-state index is -0.622. The zero-order valence-corrected chi connectivity index (χ0v) is 12.0. The van der Waals surface area contributed by atoms with Gasteiger partial charge >= 0.3 is 5.97 Å². The second-order valence-electron chi connectivity index (χ2n) is 4.41. The summed E-state index contributed by atoms with van der Waals surface area (Å²) in [4.78, 5) is 37.4. The topological polar surface area (TPSA) is 137 Å². The Morgan fingerprint density at radius 1 is 1.26 bits per heavy atom. The fraction of sp³-hybridized carbons (Fsp3) is 0.0714. The summed E-state index contributed by atoms with van der Waals surface area (Å²) in [5.41, 5.74) is 5.98. The molecule has 0 atom stereocenters. The van der Waals surface area contributed by atoms with Gasteiger partial charge in [0.05, 0.1) is 23.3 Å². The summed E-state index contributed by atoms with van der Waals surface area (Å²) in [6.07, 6.45) is 1.22. The SMILES string of the molecule is COC(=O)c1cnc(N)c(NC(=O)c2ccc([N+](=O)[O-])cc2)c1. The van der Waals surface area contributed by atoms with Crippen molar-refractivity contribution in [3.8, 4) is 0 Å². The Morgan fingerprint density at radius 3 is 2.48 bits per heavy atom. The first-order chi connectivity index (χ1) is 10.9. The van der Waals surface area contributed by atoms with Gasteiger partial charge in [-0.3, -0.25) is 14.9 Å². The van der Waals surface area contributed by atoms with Gasteiger partial charge in [0.25, 0.3) is 11.6 Å². The Morgan fingerprint density at radius 2 is 1.91 bits per heavy atom. The number of non-ortho nitro benzene ring substituents is 1. The number of nitrogens with two attached hydrogens (primary N) is 1. The molecular formula is C14H12N4O5. The molecule has 0 aliphatic carbocycles. The van der Waals surface area contributed by atoms with Gasteiger partial charge in [0, 0.05) is 23.9 Å². The van der Waals surface area contributed by atoms with E-state index in [4.69, 9.17) is 5.73 Å². The van der Waals surface area contributed by atoms with E-state index in [0.717, 1.165) is 0 Å². The van der Waals surface area contributed by atoms with E-state index in [1.807, 2.05) is 0 Å². The smallest absolute Gasteiger partial charge is 0.339 e. The second-order valence-corrected chi connectivity index (χ2v) is 4.41. The van der Waals surface area contributed by atoms with Gasteiger partial charge in [-0.2, -0.15) is 0 Å². The number of rotatable bonds is 4.